The van der Waals surface area contributed by atoms with Gasteiger partial charge in [0, 0.05) is 12.1 Å². The van der Waals surface area contributed by atoms with Crippen molar-refractivity contribution in [2.24, 2.45) is 0 Å². The van der Waals surface area contributed by atoms with Gasteiger partial charge in [0.05, 0.1) is 17.3 Å². The number of anilines is 1. The fraction of sp³-hybridized carbons (Fsp3) is 0.143. The molecule has 0 bridgehead atoms. The van der Waals surface area contributed by atoms with Crippen molar-refractivity contribution in [1.29, 1.82) is 0 Å². The highest BCUT2D eigenvalue weighted by Crippen LogP contribution is 2.36. The highest BCUT2D eigenvalue weighted by atomic mass is 79.9. The van der Waals surface area contributed by atoms with Gasteiger partial charge in [0.25, 0.3) is 0 Å². The average molecular weight is 326 g/mol. The predicted molar refractivity (Wildman–Crippen MR) is 76.3 cm³/mol. The quantitative estimate of drug-likeness (QED) is 0.856. The molecule has 2 aromatic rings. The van der Waals surface area contributed by atoms with E-state index in [0.717, 1.165) is 5.56 Å². The maximum absolute atomic E-state index is 13.3. The summed E-state index contributed by atoms with van der Waals surface area (Å²) in [7, 11) is 1.56. The lowest BCUT2D eigenvalue weighted by molar-refractivity contribution is 0.379. The second kappa shape index (κ2) is 5.48. The van der Waals surface area contributed by atoms with Crippen molar-refractivity contribution in [2.75, 3.05) is 12.8 Å². The zero-order valence-corrected chi connectivity index (χ0v) is 12.1. The summed E-state index contributed by atoms with van der Waals surface area (Å²) < 4.78 is 24.5. The Morgan fingerprint density at radius 1 is 1.11 bits per heavy atom. The van der Waals surface area contributed by atoms with Gasteiger partial charge in [-0.2, -0.15) is 0 Å². The summed E-state index contributed by atoms with van der Waals surface area (Å²) in [5.74, 6) is 1.06. The predicted octanol–water partition coefficient (Wildman–Crippen LogP) is 4.28. The van der Waals surface area contributed by atoms with Crippen molar-refractivity contribution in [1.82, 2.24) is 0 Å². The number of aryl methyl sites for hydroxylation is 1. The Hall–Kier alpha value is -1.75. The molecule has 0 atom stereocenters. The van der Waals surface area contributed by atoms with Crippen LogP contribution in [0.2, 0.25) is 0 Å². The molecule has 0 aliphatic carbocycles. The van der Waals surface area contributed by atoms with E-state index in [9.17, 15) is 4.39 Å². The van der Waals surface area contributed by atoms with Crippen LogP contribution in [0, 0.1) is 12.7 Å². The highest BCUT2D eigenvalue weighted by molar-refractivity contribution is 9.10. The number of nitrogens with two attached hydrogens (primary N) is 1. The zero-order chi connectivity index (χ0) is 14.0. The van der Waals surface area contributed by atoms with Gasteiger partial charge in [0.2, 0.25) is 0 Å². The van der Waals surface area contributed by atoms with Gasteiger partial charge in [-0.15, -0.1) is 0 Å². The molecule has 0 aliphatic rings. The lowest BCUT2D eigenvalue weighted by Gasteiger charge is -2.13. The van der Waals surface area contributed by atoms with Gasteiger partial charge in [0.15, 0.2) is 17.2 Å². The Labute approximate surface area is 119 Å². The molecule has 0 unspecified atom stereocenters. The van der Waals surface area contributed by atoms with Crippen LogP contribution in [-0.2, 0) is 0 Å². The van der Waals surface area contributed by atoms with Gasteiger partial charge in [-0.05, 0) is 40.5 Å². The minimum absolute atomic E-state index is 0.225. The Morgan fingerprint density at radius 3 is 2.53 bits per heavy atom. The van der Waals surface area contributed by atoms with Gasteiger partial charge in [-0.3, -0.25) is 0 Å². The molecule has 0 radical (unpaired) electrons. The van der Waals surface area contributed by atoms with E-state index in [2.05, 4.69) is 15.9 Å². The SMILES string of the molecule is COc1cc(C)ccc1Oc1cc(Br)c(F)cc1N. The van der Waals surface area contributed by atoms with Crippen molar-refractivity contribution in [2.45, 2.75) is 6.92 Å². The number of nitrogen functional groups attached to an aromatic ring is 1. The van der Waals surface area contributed by atoms with E-state index in [4.69, 9.17) is 15.2 Å². The van der Waals surface area contributed by atoms with E-state index in [1.54, 1.807) is 13.2 Å². The first-order chi connectivity index (χ1) is 9.01. The van der Waals surface area contributed by atoms with Crippen LogP contribution in [-0.4, -0.2) is 7.11 Å². The molecule has 2 rings (SSSR count). The first-order valence-corrected chi connectivity index (χ1v) is 6.37. The fourth-order valence-corrected chi connectivity index (χ4v) is 1.93. The van der Waals surface area contributed by atoms with E-state index < -0.39 is 5.82 Å². The van der Waals surface area contributed by atoms with E-state index in [0.29, 0.717) is 21.7 Å². The number of methoxy groups -OCH3 is 1. The molecule has 0 aliphatic heterocycles. The first-order valence-electron chi connectivity index (χ1n) is 5.58. The normalized spacial score (nSPS) is 10.3. The van der Waals surface area contributed by atoms with E-state index in [1.807, 2.05) is 19.1 Å². The zero-order valence-electron chi connectivity index (χ0n) is 10.5. The van der Waals surface area contributed by atoms with Gasteiger partial charge >= 0.3 is 0 Å². The molecule has 100 valence electrons. The van der Waals surface area contributed by atoms with Crippen LogP contribution in [0.15, 0.2) is 34.8 Å². The van der Waals surface area contributed by atoms with Gasteiger partial charge in [-0.1, -0.05) is 6.07 Å². The second-order valence-corrected chi connectivity index (χ2v) is 4.91. The van der Waals surface area contributed by atoms with Crippen molar-refractivity contribution >= 4 is 21.6 Å². The lowest BCUT2D eigenvalue weighted by atomic mass is 10.2. The molecule has 0 saturated heterocycles. The second-order valence-electron chi connectivity index (χ2n) is 4.06. The Kier molecular flexibility index (Phi) is 3.95. The molecule has 0 heterocycles. The molecule has 0 aromatic heterocycles. The van der Waals surface area contributed by atoms with E-state index in [-0.39, 0.29) is 5.69 Å². The van der Waals surface area contributed by atoms with E-state index >= 15 is 0 Å². The average Bonchev–Trinajstić information content (AvgIpc) is 2.37. The van der Waals surface area contributed by atoms with Crippen LogP contribution < -0.4 is 15.2 Å². The summed E-state index contributed by atoms with van der Waals surface area (Å²) in [5.41, 5.74) is 7.01. The molecule has 19 heavy (non-hydrogen) atoms. The molecule has 0 saturated carbocycles. The van der Waals surface area contributed by atoms with Gasteiger partial charge in [0.1, 0.15) is 5.82 Å². The summed E-state index contributed by atoms with van der Waals surface area (Å²) >= 11 is 3.10. The molecule has 0 amide bonds. The number of benzene rings is 2. The Balaban J connectivity index is 2.39. The van der Waals surface area contributed by atoms with Crippen LogP contribution in [0.4, 0.5) is 10.1 Å². The van der Waals surface area contributed by atoms with Crippen LogP contribution >= 0.6 is 15.9 Å². The molecule has 0 fully saturated rings. The maximum Gasteiger partial charge on any atom is 0.169 e. The lowest BCUT2D eigenvalue weighted by Crippen LogP contribution is -1.96. The Morgan fingerprint density at radius 2 is 1.84 bits per heavy atom. The van der Waals surface area contributed by atoms with Crippen molar-refractivity contribution in [3.05, 3.63) is 46.2 Å². The third kappa shape index (κ3) is 2.98. The molecular formula is C14H13BrFNO2. The minimum atomic E-state index is -0.430. The van der Waals surface area contributed by atoms with Crippen molar-refractivity contribution < 1.29 is 13.9 Å². The molecule has 2 aromatic carbocycles. The summed E-state index contributed by atoms with van der Waals surface area (Å²) in [4.78, 5) is 0. The largest absolute Gasteiger partial charge is 0.493 e. The number of halogens is 2. The van der Waals surface area contributed by atoms with Gasteiger partial charge < -0.3 is 15.2 Å². The highest BCUT2D eigenvalue weighted by Gasteiger charge is 2.11. The molecular weight excluding hydrogens is 313 g/mol. The van der Waals surface area contributed by atoms with Crippen LogP contribution in [0.25, 0.3) is 0 Å². The van der Waals surface area contributed by atoms with Crippen molar-refractivity contribution in [3.8, 4) is 17.2 Å². The topological polar surface area (TPSA) is 44.5 Å². The fourth-order valence-electron chi connectivity index (χ4n) is 1.61. The monoisotopic (exact) mass is 325 g/mol. The van der Waals surface area contributed by atoms with E-state index in [1.165, 1.54) is 12.1 Å². The number of ether oxygens (including phenoxy) is 2. The molecule has 5 heteroatoms. The Bertz CT molecular complexity index is 617. The molecule has 0 spiro atoms. The number of rotatable bonds is 3. The summed E-state index contributed by atoms with van der Waals surface area (Å²) in [5, 5.41) is 0. The minimum Gasteiger partial charge on any atom is -0.493 e. The summed E-state index contributed by atoms with van der Waals surface area (Å²) in [6.07, 6.45) is 0. The third-order valence-corrected chi connectivity index (χ3v) is 3.20. The standard InChI is InChI=1S/C14H13BrFNO2/c1-8-3-4-12(14(5-8)18-2)19-13-6-9(15)10(16)7-11(13)17/h3-7H,17H2,1-2H3. The number of hydrogen-bond acceptors (Lipinski definition) is 3. The van der Waals surface area contributed by atoms with Crippen LogP contribution in [0.1, 0.15) is 5.56 Å². The maximum atomic E-state index is 13.3. The summed E-state index contributed by atoms with van der Waals surface area (Å²) in [6, 6.07) is 8.23. The third-order valence-electron chi connectivity index (χ3n) is 2.59. The first kappa shape index (κ1) is 13.7. The summed E-state index contributed by atoms with van der Waals surface area (Å²) in [6.45, 7) is 1.95. The van der Waals surface area contributed by atoms with Crippen LogP contribution in [0.3, 0.4) is 0 Å². The molecule has 2 N–H and O–H groups in total. The van der Waals surface area contributed by atoms with Gasteiger partial charge in [-0.25, -0.2) is 4.39 Å². The smallest absolute Gasteiger partial charge is 0.169 e. The molecule has 3 nitrogen and oxygen atoms in total. The van der Waals surface area contributed by atoms with Crippen LogP contribution in [0.5, 0.6) is 17.2 Å². The van der Waals surface area contributed by atoms with Crippen molar-refractivity contribution in [3.63, 3.8) is 0 Å². The number of hydrogen-bond donors (Lipinski definition) is 1.